The number of hydrogen-bond donors (Lipinski definition) is 0. The zero-order chi connectivity index (χ0) is 3.58. The molecule has 0 rings (SSSR count). The Labute approximate surface area is 168 Å². The van der Waals surface area contributed by atoms with Crippen LogP contribution in [0.2, 0.25) is 0 Å². The predicted molar refractivity (Wildman–Crippen MR) is 44.6 cm³/mol. The van der Waals surface area contributed by atoms with E-state index >= 15 is 0 Å². The monoisotopic (exact) mass is 326 g/mol. The summed E-state index contributed by atoms with van der Waals surface area (Å²) in [5.41, 5.74) is 0. The third-order valence-electron chi connectivity index (χ3n) is 0. The standard InChI is InChI=1S/Ca.2Na.H2O3S.9H2O/c;;;1-4(2)3;;;;;;;;;/h;;;(H2,1,2,3);9*1H2/q+2;2*+1;;;;;;;;;;/p-4. The Bertz CT molecular complexity index is 42.0. The molecule has 0 fully saturated rings. The minimum absolute atomic E-state index is 0. The first-order valence-corrected chi connectivity index (χ1v) is 1.50. The van der Waals surface area contributed by atoms with Gasteiger partial charge in [-0.15, -0.1) is 11.4 Å². The first-order chi connectivity index (χ1) is 1.73. The first kappa shape index (κ1) is 172. The van der Waals surface area contributed by atoms with Crippen molar-refractivity contribution in [3.8, 4) is 0 Å². The fraction of sp³-hybridized carbons (Fsp3) is 0. The van der Waals surface area contributed by atoms with Crippen LogP contribution in [-0.4, -0.2) is 100 Å². The third kappa shape index (κ3) is 491. The van der Waals surface area contributed by atoms with Crippen LogP contribution in [-0.2, 0) is 11.4 Å². The van der Waals surface area contributed by atoms with Gasteiger partial charge in [-0.05, 0) is 0 Å². The predicted octanol–water partition coefficient (Wildman–Crippen LogP) is -13.5. The second kappa shape index (κ2) is 145. The van der Waals surface area contributed by atoms with E-state index in [1.807, 2.05) is 0 Å². The van der Waals surface area contributed by atoms with Gasteiger partial charge in [0.15, 0.2) is 0 Å². The van der Waals surface area contributed by atoms with Gasteiger partial charge in [0.1, 0.15) is 0 Å². The second-order valence-corrected chi connectivity index (χ2v) is 0.612. The van der Waals surface area contributed by atoms with Crippen molar-refractivity contribution in [1.29, 1.82) is 0 Å². The molecule has 12 nitrogen and oxygen atoms in total. The van der Waals surface area contributed by atoms with Crippen LogP contribution in [0.25, 0.3) is 0 Å². The van der Waals surface area contributed by atoms with E-state index in [0.717, 1.165) is 0 Å². The third-order valence-corrected chi connectivity index (χ3v) is 0. The van der Waals surface area contributed by atoms with Gasteiger partial charge < -0.3 is 58.4 Å². The normalized spacial score (nSPS) is 2.19. The van der Waals surface area contributed by atoms with E-state index in [-0.39, 0.29) is 146 Å². The largest absolute Gasteiger partial charge is 2.00 e. The molecule has 0 radical (unpaired) electrons. The minimum Gasteiger partial charge on any atom is -0.870 e. The summed E-state index contributed by atoms with van der Waals surface area (Å²) in [7, 11) is 0. The summed E-state index contributed by atoms with van der Waals surface area (Å²) in [5.74, 6) is 0. The van der Waals surface area contributed by atoms with Crippen molar-refractivity contribution in [2.75, 3.05) is 0 Å². The fourth-order valence-corrected chi connectivity index (χ4v) is 0. The molecule has 0 aromatic heterocycles. The van der Waals surface area contributed by atoms with E-state index in [2.05, 4.69) is 0 Å². The van der Waals surface area contributed by atoms with Crippen LogP contribution in [0.3, 0.4) is 0 Å². The van der Waals surface area contributed by atoms with Crippen molar-refractivity contribution in [3.63, 3.8) is 0 Å². The maximum Gasteiger partial charge on any atom is 2.00 e. The van der Waals surface area contributed by atoms with Crippen LogP contribution in [0.5, 0.6) is 0 Å². The molecule has 0 aliphatic rings. The van der Waals surface area contributed by atoms with E-state index in [9.17, 15) is 0 Å². The smallest absolute Gasteiger partial charge is 0.870 e. The zero-order valence-corrected chi connectivity index (χ0v) is 15.8. The summed E-state index contributed by atoms with van der Waals surface area (Å²) in [6, 6.07) is 0. The van der Waals surface area contributed by atoms with Crippen molar-refractivity contribution in [3.05, 3.63) is 0 Å². The van der Waals surface area contributed by atoms with Crippen molar-refractivity contribution >= 4 is 49.1 Å². The molecule has 0 unspecified atom stereocenters. The van der Waals surface area contributed by atoms with E-state index in [1.54, 1.807) is 0 Å². The Morgan fingerprint density at radius 3 is 0.625 bits per heavy atom. The second-order valence-electron chi connectivity index (χ2n) is 0.204. The molecule has 0 aliphatic carbocycles. The summed E-state index contributed by atoms with van der Waals surface area (Å²) in [6.07, 6.45) is 0. The van der Waals surface area contributed by atoms with Gasteiger partial charge in [-0.3, -0.25) is 4.21 Å². The average Bonchev–Trinajstić information content (AvgIpc) is 0.811. The molecule has 0 saturated carbocycles. The minimum atomic E-state index is -3.11. The Hall–Kier alpha value is 2.97. The molecular formula is H16CaNa2O12S. The maximum absolute atomic E-state index is 8.44. The van der Waals surface area contributed by atoms with Gasteiger partial charge in [0.25, 0.3) is 0 Å². The Kier molecular flexibility index (Phi) is 1560. The van der Waals surface area contributed by atoms with Gasteiger partial charge in [0.2, 0.25) is 0 Å². The van der Waals surface area contributed by atoms with Gasteiger partial charge in [0.05, 0.1) is 0 Å². The summed E-state index contributed by atoms with van der Waals surface area (Å²) in [5, 5.41) is 0. The van der Waals surface area contributed by atoms with Crippen LogP contribution in [0, 0.1) is 0 Å². The number of rotatable bonds is 0. The summed E-state index contributed by atoms with van der Waals surface area (Å²) >= 11 is -3.11. The van der Waals surface area contributed by atoms with Crippen molar-refractivity contribution in [2.45, 2.75) is 0 Å². The van der Waals surface area contributed by atoms with Crippen molar-refractivity contribution < 1.29 is 122 Å². The van der Waals surface area contributed by atoms with Gasteiger partial charge in [-0.2, -0.15) is 0 Å². The van der Waals surface area contributed by atoms with E-state index in [0.29, 0.717) is 0 Å². The Morgan fingerprint density at radius 2 is 0.625 bits per heavy atom. The average molecular weight is 326 g/mol. The molecule has 0 aliphatic heterocycles. The molecule has 16 N–H and O–H groups in total. The summed E-state index contributed by atoms with van der Waals surface area (Å²) in [6.45, 7) is 0. The van der Waals surface area contributed by atoms with Crippen molar-refractivity contribution in [2.24, 2.45) is 0 Å². The van der Waals surface area contributed by atoms with Gasteiger partial charge in [-0.25, -0.2) is 0 Å². The zero-order valence-electron chi connectivity index (χ0n) is 8.73. The molecule has 0 saturated heterocycles. The van der Waals surface area contributed by atoms with Gasteiger partial charge in [-0.1, -0.05) is 0 Å². The molecular weight excluding hydrogens is 310 g/mol. The van der Waals surface area contributed by atoms with E-state index in [4.69, 9.17) is 13.3 Å². The van der Waals surface area contributed by atoms with Crippen LogP contribution >= 0.6 is 0 Å². The fourth-order valence-electron chi connectivity index (χ4n) is 0. The number of hydrogen-bond acceptors (Lipinski definition) is 5. The molecule has 0 aromatic carbocycles. The Balaban J connectivity index is -0.000000000682. The molecule has 0 heterocycles. The quantitative estimate of drug-likeness (QED) is 0.307. The van der Waals surface area contributed by atoms with Crippen LogP contribution < -0.4 is 59.1 Å². The SMILES string of the molecule is O.O.O.O.O.O.O.O=S([O-])[O-].[Ca+2].[Na+].[Na+].[OH-].[OH-]. The van der Waals surface area contributed by atoms with E-state index in [1.165, 1.54) is 0 Å². The summed E-state index contributed by atoms with van der Waals surface area (Å²) in [4.78, 5) is 0. The molecule has 0 amide bonds. The molecule has 16 heteroatoms. The molecule has 98 valence electrons. The topological polar surface area (TPSA) is 344 Å². The molecule has 0 atom stereocenters. The van der Waals surface area contributed by atoms with Crippen LogP contribution in [0.1, 0.15) is 0 Å². The van der Waals surface area contributed by atoms with E-state index < -0.39 is 11.4 Å². The Morgan fingerprint density at radius 1 is 0.625 bits per heavy atom. The van der Waals surface area contributed by atoms with Crippen molar-refractivity contribution in [1.82, 2.24) is 0 Å². The summed E-state index contributed by atoms with van der Waals surface area (Å²) < 4.78 is 25.3. The molecule has 16 heavy (non-hydrogen) atoms. The molecule has 0 spiro atoms. The maximum atomic E-state index is 8.44. The van der Waals surface area contributed by atoms with Crippen LogP contribution in [0.4, 0.5) is 0 Å². The van der Waals surface area contributed by atoms with Gasteiger partial charge >= 0.3 is 96.9 Å². The molecule has 0 aromatic rings. The van der Waals surface area contributed by atoms with Crippen LogP contribution in [0.15, 0.2) is 0 Å². The molecule has 0 bridgehead atoms. The van der Waals surface area contributed by atoms with Gasteiger partial charge in [0, 0.05) is 0 Å². The first-order valence-electron chi connectivity index (χ1n) is 0.500.